The summed E-state index contributed by atoms with van der Waals surface area (Å²) in [6.45, 7) is 7.17. The highest BCUT2D eigenvalue weighted by molar-refractivity contribution is 5.45. The van der Waals surface area contributed by atoms with Crippen LogP contribution in [-0.2, 0) is 6.54 Å². The molecule has 1 aromatic carbocycles. The van der Waals surface area contributed by atoms with Crippen LogP contribution in [0.5, 0.6) is 5.75 Å². The van der Waals surface area contributed by atoms with Crippen molar-refractivity contribution in [3.8, 4) is 17.6 Å². The third kappa shape index (κ3) is 4.94. The monoisotopic (exact) mass is 261 g/mol. The van der Waals surface area contributed by atoms with Gasteiger partial charge in [0.05, 0.1) is 7.11 Å². The Kier molecular flexibility index (Phi) is 7.02. The van der Waals surface area contributed by atoms with Crippen molar-refractivity contribution in [2.24, 2.45) is 0 Å². The highest BCUT2D eigenvalue weighted by Gasteiger charge is 2.07. The maximum absolute atomic E-state index is 8.82. The van der Waals surface area contributed by atoms with E-state index in [1.54, 1.807) is 7.11 Å². The van der Waals surface area contributed by atoms with Gasteiger partial charge in [-0.2, -0.15) is 0 Å². The first-order valence-corrected chi connectivity index (χ1v) is 6.74. The van der Waals surface area contributed by atoms with Gasteiger partial charge < -0.3 is 9.84 Å². The van der Waals surface area contributed by atoms with Gasteiger partial charge in [0.15, 0.2) is 0 Å². The van der Waals surface area contributed by atoms with E-state index < -0.39 is 0 Å². The van der Waals surface area contributed by atoms with E-state index in [9.17, 15) is 0 Å². The number of aliphatic hydroxyl groups is 1. The normalized spacial score (nSPS) is 10.2. The second kappa shape index (κ2) is 8.58. The zero-order chi connectivity index (χ0) is 14.1. The molecule has 0 amide bonds. The summed E-state index contributed by atoms with van der Waals surface area (Å²) in [6.07, 6.45) is 1.13. The number of hydrogen-bond acceptors (Lipinski definition) is 3. The van der Waals surface area contributed by atoms with Crippen molar-refractivity contribution in [1.29, 1.82) is 0 Å². The Morgan fingerprint density at radius 2 is 2.11 bits per heavy atom. The molecule has 0 aromatic heterocycles. The summed E-state index contributed by atoms with van der Waals surface area (Å²) >= 11 is 0. The number of hydrogen-bond donors (Lipinski definition) is 1. The van der Waals surface area contributed by atoms with E-state index in [1.807, 2.05) is 18.2 Å². The Labute approximate surface area is 116 Å². The van der Waals surface area contributed by atoms with Crippen LogP contribution in [0.15, 0.2) is 18.2 Å². The zero-order valence-electron chi connectivity index (χ0n) is 12.1. The maximum atomic E-state index is 8.82. The first kappa shape index (κ1) is 15.6. The molecule has 0 spiro atoms. The van der Waals surface area contributed by atoms with Gasteiger partial charge in [-0.1, -0.05) is 25.7 Å². The lowest BCUT2D eigenvalue weighted by molar-refractivity contribution is 0.280. The van der Waals surface area contributed by atoms with E-state index in [2.05, 4.69) is 30.6 Å². The van der Waals surface area contributed by atoms with Crippen molar-refractivity contribution in [2.75, 3.05) is 26.8 Å². The second-order valence-corrected chi connectivity index (χ2v) is 4.35. The maximum Gasteiger partial charge on any atom is 0.119 e. The van der Waals surface area contributed by atoms with Gasteiger partial charge in [-0.05, 0) is 43.3 Å². The number of methoxy groups -OCH3 is 1. The molecule has 3 nitrogen and oxygen atoms in total. The molecule has 0 saturated carbocycles. The molecule has 3 heteroatoms. The fourth-order valence-electron chi connectivity index (χ4n) is 1.99. The smallest absolute Gasteiger partial charge is 0.119 e. The summed E-state index contributed by atoms with van der Waals surface area (Å²) in [4.78, 5) is 2.37. The molecule has 0 aliphatic rings. The predicted molar refractivity (Wildman–Crippen MR) is 78.2 cm³/mol. The summed E-state index contributed by atoms with van der Waals surface area (Å²) < 4.78 is 5.27. The van der Waals surface area contributed by atoms with Gasteiger partial charge in [0.25, 0.3) is 0 Å². The first-order chi connectivity index (χ1) is 9.24. The van der Waals surface area contributed by atoms with E-state index in [0.717, 1.165) is 42.9 Å². The highest BCUT2D eigenvalue weighted by Crippen LogP contribution is 2.19. The number of benzene rings is 1. The van der Waals surface area contributed by atoms with Crippen LogP contribution in [0.4, 0.5) is 0 Å². The Balaban J connectivity index is 2.99. The second-order valence-electron chi connectivity index (χ2n) is 4.35. The molecule has 1 rings (SSSR count). The van der Waals surface area contributed by atoms with Gasteiger partial charge in [0.1, 0.15) is 12.4 Å². The number of nitrogens with zero attached hydrogens (tertiary/aromatic N) is 1. The molecule has 0 aliphatic heterocycles. The molecule has 1 aromatic rings. The summed E-state index contributed by atoms with van der Waals surface area (Å²) in [7, 11) is 1.67. The lowest BCUT2D eigenvalue weighted by atomic mass is 10.1. The molecule has 19 heavy (non-hydrogen) atoms. The average Bonchev–Trinajstić information content (AvgIpc) is 2.45. The third-order valence-corrected chi connectivity index (χ3v) is 3.00. The summed E-state index contributed by atoms with van der Waals surface area (Å²) in [5.41, 5.74) is 2.11. The van der Waals surface area contributed by atoms with Crippen molar-refractivity contribution in [3.05, 3.63) is 29.3 Å². The summed E-state index contributed by atoms with van der Waals surface area (Å²) in [5, 5.41) is 8.82. The lowest BCUT2D eigenvalue weighted by Crippen LogP contribution is -2.24. The Morgan fingerprint density at radius 3 is 2.68 bits per heavy atom. The first-order valence-electron chi connectivity index (χ1n) is 6.74. The molecule has 0 unspecified atom stereocenters. The predicted octanol–water partition coefficient (Wildman–Crippen LogP) is 2.27. The molecule has 0 atom stereocenters. The average molecular weight is 261 g/mol. The van der Waals surface area contributed by atoms with Crippen LogP contribution in [0.1, 0.15) is 31.4 Å². The quantitative estimate of drug-likeness (QED) is 0.797. The van der Waals surface area contributed by atoms with Crippen molar-refractivity contribution < 1.29 is 9.84 Å². The molecule has 1 N–H and O–H groups in total. The van der Waals surface area contributed by atoms with Crippen LogP contribution in [-0.4, -0.2) is 36.8 Å². The molecule has 104 valence electrons. The van der Waals surface area contributed by atoms with Crippen molar-refractivity contribution in [1.82, 2.24) is 4.90 Å². The third-order valence-electron chi connectivity index (χ3n) is 3.00. The highest BCUT2D eigenvalue weighted by atomic mass is 16.5. The number of ether oxygens (including phenoxy) is 1. The molecule has 0 aliphatic carbocycles. The minimum atomic E-state index is -0.113. The largest absolute Gasteiger partial charge is 0.497 e. The molecule has 0 saturated heterocycles. The minimum absolute atomic E-state index is 0.113. The topological polar surface area (TPSA) is 32.7 Å². The van der Waals surface area contributed by atoms with Crippen LogP contribution in [0.3, 0.4) is 0 Å². The molecule has 0 bridgehead atoms. The van der Waals surface area contributed by atoms with E-state index >= 15 is 0 Å². The Bertz CT molecular complexity index is 446. The summed E-state index contributed by atoms with van der Waals surface area (Å²) in [6, 6.07) is 5.89. The lowest BCUT2D eigenvalue weighted by Gasteiger charge is -2.20. The van der Waals surface area contributed by atoms with Gasteiger partial charge in [-0.25, -0.2) is 0 Å². The van der Waals surface area contributed by atoms with Gasteiger partial charge >= 0.3 is 0 Å². The SMILES string of the molecule is CCCN(CC)Cc1cc(OC)ccc1C#CCO. The molecular weight excluding hydrogens is 238 g/mol. The molecule has 0 fully saturated rings. The van der Waals surface area contributed by atoms with E-state index in [4.69, 9.17) is 9.84 Å². The van der Waals surface area contributed by atoms with Crippen LogP contribution >= 0.6 is 0 Å². The van der Waals surface area contributed by atoms with Crippen molar-refractivity contribution in [3.63, 3.8) is 0 Å². The molecule has 0 radical (unpaired) electrons. The minimum Gasteiger partial charge on any atom is -0.497 e. The van der Waals surface area contributed by atoms with Gasteiger partial charge in [-0.3, -0.25) is 4.90 Å². The van der Waals surface area contributed by atoms with Gasteiger partial charge in [-0.15, -0.1) is 0 Å². The van der Waals surface area contributed by atoms with E-state index in [-0.39, 0.29) is 6.61 Å². The Morgan fingerprint density at radius 1 is 1.32 bits per heavy atom. The van der Waals surface area contributed by atoms with Crippen LogP contribution in [0.25, 0.3) is 0 Å². The van der Waals surface area contributed by atoms with Crippen molar-refractivity contribution in [2.45, 2.75) is 26.8 Å². The van der Waals surface area contributed by atoms with Gasteiger partial charge in [0, 0.05) is 12.1 Å². The van der Waals surface area contributed by atoms with E-state index in [0.29, 0.717) is 0 Å². The Hall–Kier alpha value is -1.50. The van der Waals surface area contributed by atoms with Crippen molar-refractivity contribution >= 4 is 0 Å². The standard InChI is InChI=1S/C16H23NO2/c1-4-10-17(5-2)13-15-12-16(19-3)9-8-14(15)7-6-11-18/h8-9,12,18H,4-5,10-11,13H2,1-3H3. The van der Waals surface area contributed by atoms with Crippen LogP contribution in [0, 0.1) is 11.8 Å². The van der Waals surface area contributed by atoms with E-state index in [1.165, 1.54) is 0 Å². The van der Waals surface area contributed by atoms with Crippen LogP contribution < -0.4 is 4.74 Å². The number of aliphatic hydroxyl groups excluding tert-OH is 1. The molecule has 0 heterocycles. The summed E-state index contributed by atoms with van der Waals surface area (Å²) in [5.74, 6) is 6.56. The van der Waals surface area contributed by atoms with Crippen LogP contribution in [0.2, 0.25) is 0 Å². The fourth-order valence-corrected chi connectivity index (χ4v) is 1.99. The fraction of sp³-hybridized carbons (Fsp3) is 0.500. The molecular formula is C16H23NO2. The zero-order valence-corrected chi connectivity index (χ0v) is 12.1. The van der Waals surface area contributed by atoms with Gasteiger partial charge in [0.2, 0.25) is 0 Å². The number of rotatable bonds is 6.